The Labute approximate surface area is 136 Å². The number of alkyl halides is 3. The molecule has 1 aromatic carbocycles. The molecule has 1 aliphatic carbocycles. The Morgan fingerprint density at radius 2 is 1.87 bits per heavy atom. The fourth-order valence-electron chi connectivity index (χ4n) is 3.00. The number of rotatable bonds is 3. The van der Waals surface area contributed by atoms with E-state index in [0.29, 0.717) is 10.5 Å². The van der Waals surface area contributed by atoms with Gasteiger partial charge in [0.1, 0.15) is 0 Å². The molecule has 1 saturated carbocycles. The Bertz CT molecular complexity index is 700. The average molecular weight is 345 g/mol. The van der Waals surface area contributed by atoms with Gasteiger partial charge >= 0.3 is 12.2 Å². The van der Waals surface area contributed by atoms with Crippen molar-refractivity contribution in [2.45, 2.75) is 44.2 Å². The Hall–Kier alpha value is -1.56. The molecule has 7 heteroatoms. The number of fused-ring (bicyclic) bond motifs is 1. The molecule has 0 spiro atoms. The van der Waals surface area contributed by atoms with Crippen molar-refractivity contribution >= 4 is 22.5 Å². The lowest BCUT2D eigenvalue weighted by Gasteiger charge is -2.22. The monoisotopic (exact) mass is 344 g/mol. The van der Waals surface area contributed by atoms with E-state index in [0.717, 1.165) is 36.8 Å². The van der Waals surface area contributed by atoms with E-state index in [1.54, 1.807) is 18.2 Å². The molecule has 0 amide bonds. The van der Waals surface area contributed by atoms with Gasteiger partial charge in [-0.1, -0.05) is 30.9 Å². The van der Waals surface area contributed by atoms with Gasteiger partial charge in [-0.15, -0.1) is 0 Å². The predicted octanol–water partition coefficient (Wildman–Crippen LogP) is 5.27. The van der Waals surface area contributed by atoms with Crippen LogP contribution in [0, 0.1) is 0 Å². The van der Waals surface area contributed by atoms with Crippen molar-refractivity contribution in [3.8, 4) is 6.01 Å². The highest BCUT2D eigenvalue weighted by Crippen LogP contribution is 2.36. The molecule has 1 fully saturated rings. The van der Waals surface area contributed by atoms with Gasteiger partial charge in [0, 0.05) is 16.3 Å². The molecule has 0 bridgehead atoms. The molecule has 0 saturated heterocycles. The standard InChI is InChI=1S/C16H16ClF3N2O/c17-11-6-7-13-12(8-11)14(10-4-2-1-3-5-10)22-15(21-13)23-9-16(18,19)20/h6-8,10H,1-5,9H2. The van der Waals surface area contributed by atoms with Crippen LogP contribution in [0.2, 0.25) is 5.02 Å². The minimum Gasteiger partial charge on any atom is -0.454 e. The number of benzene rings is 1. The second-order valence-corrected chi connectivity index (χ2v) is 6.23. The number of nitrogens with zero attached hydrogens (tertiary/aromatic N) is 2. The Morgan fingerprint density at radius 3 is 2.57 bits per heavy atom. The van der Waals surface area contributed by atoms with Crippen LogP contribution in [0.4, 0.5) is 13.2 Å². The second-order valence-electron chi connectivity index (χ2n) is 5.79. The van der Waals surface area contributed by atoms with Gasteiger partial charge in [-0.2, -0.15) is 23.1 Å². The van der Waals surface area contributed by atoms with Crippen molar-refractivity contribution in [1.29, 1.82) is 0 Å². The molecule has 0 radical (unpaired) electrons. The molecule has 0 unspecified atom stereocenters. The minimum atomic E-state index is -4.41. The van der Waals surface area contributed by atoms with E-state index in [9.17, 15) is 13.2 Å². The summed E-state index contributed by atoms with van der Waals surface area (Å²) >= 11 is 6.05. The van der Waals surface area contributed by atoms with Crippen LogP contribution in [0.15, 0.2) is 18.2 Å². The van der Waals surface area contributed by atoms with Gasteiger partial charge in [0.15, 0.2) is 6.61 Å². The highest BCUT2D eigenvalue weighted by atomic mass is 35.5. The van der Waals surface area contributed by atoms with Gasteiger partial charge in [0.2, 0.25) is 0 Å². The fourth-order valence-corrected chi connectivity index (χ4v) is 3.17. The molecule has 0 N–H and O–H groups in total. The van der Waals surface area contributed by atoms with Crippen LogP contribution in [0.25, 0.3) is 10.9 Å². The maximum atomic E-state index is 12.4. The summed E-state index contributed by atoms with van der Waals surface area (Å²) in [5, 5.41) is 1.35. The number of hydrogen-bond donors (Lipinski definition) is 0. The average Bonchev–Trinajstić information content (AvgIpc) is 2.52. The summed E-state index contributed by atoms with van der Waals surface area (Å²) in [6.45, 7) is -1.39. The van der Waals surface area contributed by atoms with E-state index in [4.69, 9.17) is 16.3 Å². The molecular weight excluding hydrogens is 329 g/mol. The Kier molecular flexibility index (Phi) is 4.62. The zero-order chi connectivity index (χ0) is 16.4. The van der Waals surface area contributed by atoms with Crippen LogP contribution in [-0.2, 0) is 0 Å². The van der Waals surface area contributed by atoms with Gasteiger partial charge in [-0.3, -0.25) is 0 Å². The van der Waals surface area contributed by atoms with Crippen molar-refractivity contribution in [3.63, 3.8) is 0 Å². The van der Waals surface area contributed by atoms with Crippen LogP contribution >= 0.6 is 11.6 Å². The summed E-state index contributed by atoms with van der Waals surface area (Å²) in [6.07, 6.45) is 0.890. The summed E-state index contributed by atoms with van der Waals surface area (Å²) in [4.78, 5) is 8.36. The highest BCUT2D eigenvalue weighted by molar-refractivity contribution is 6.31. The van der Waals surface area contributed by atoms with E-state index >= 15 is 0 Å². The first kappa shape index (κ1) is 16.3. The zero-order valence-corrected chi connectivity index (χ0v) is 13.1. The lowest BCUT2D eigenvalue weighted by molar-refractivity contribution is -0.154. The first-order valence-electron chi connectivity index (χ1n) is 7.59. The quantitative estimate of drug-likeness (QED) is 0.760. The summed E-state index contributed by atoms with van der Waals surface area (Å²) in [5.74, 6) is 0.209. The van der Waals surface area contributed by atoms with Gasteiger partial charge in [0.25, 0.3) is 0 Å². The summed E-state index contributed by atoms with van der Waals surface area (Å²) in [5.41, 5.74) is 1.30. The second kappa shape index (κ2) is 6.51. The molecule has 1 heterocycles. The molecule has 3 rings (SSSR count). The predicted molar refractivity (Wildman–Crippen MR) is 81.9 cm³/mol. The highest BCUT2D eigenvalue weighted by Gasteiger charge is 2.29. The maximum Gasteiger partial charge on any atom is 0.422 e. The lowest BCUT2D eigenvalue weighted by Crippen LogP contribution is -2.20. The van der Waals surface area contributed by atoms with Crippen LogP contribution in [0.1, 0.15) is 43.7 Å². The van der Waals surface area contributed by atoms with Crippen LogP contribution in [0.5, 0.6) is 6.01 Å². The topological polar surface area (TPSA) is 35.0 Å². The molecule has 0 aliphatic heterocycles. The van der Waals surface area contributed by atoms with Crippen LogP contribution < -0.4 is 4.74 Å². The summed E-state index contributed by atoms with van der Waals surface area (Å²) in [7, 11) is 0. The van der Waals surface area contributed by atoms with Crippen molar-refractivity contribution in [1.82, 2.24) is 9.97 Å². The summed E-state index contributed by atoms with van der Waals surface area (Å²) < 4.78 is 41.9. The van der Waals surface area contributed by atoms with Crippen LogP contribution in [0.3, 0.4) is 0 Å². The number of halogens is 4. The van der Waals surface area contributed by atoms with E-state index in [1.165, 1.54) is 6.42 Å². The van der Waals surface area contributed by atoms with Gasteiger partial charge in [0.05, 0.1) is 11.2 Å². The molecular formula is C16H16ClF3N2O. The maximum absolute atomic E-state index is 12.4. The van der Waals surface area contributed by atoms with E-state index in [1.807, 2.05) is 0 Å². The van der Waals surface area contributed by atoms with Crippen molar-refractivity contribution in [2.24, 2.45) is 0 Å². The first-order valence-corrected chi connectivity index (χ1v) is 7.97. The molecule has 1 aliphatic rings. The third kappa shape index (κ3) is 4.05. The van der Waals surface area contributed by atoms with Gasteiger partial charge in [-0.25, -0.2) is 0 Å². The third-order valence-electron chi connectivity index (χ3n) is 4.02. The SMILES string of the molecule is FC(F)(F)COc1nc(C2CCCCC2)c2cc(Cl)ccc2n1. The lowest BCUT2D eigenvalue weighted by atomic mass is 9.85. The van der Waals surface area contributed by atoms with E-state index < -0.39 is 12.8 Å². The molecule has 23 heavy (non-hydrogen) atoms. The third-order valence-corrected chi connectivity index (χ3v) is 4.26. The first-order chi connectivity index (χ1) is 10.9. The number of aromatic nitrogens is 2. The van der Waals surface area contributed by atoms with Gasteiger partial charge in [-0.05, 0) is 31.0 Å². The zero-order valence-electron chi connectivity index (χ0n) is 12.4. The van der Waals surface area contributed by atoms with Gasteiger partial charge < -0.3 is 4.74 Å². The van der Waals surface area contributed by atoms with E-state index in [-0.39, 0.29) is 11.9 Å². The van der Waals surface area contributed by atoms with Crippen molar-refractivity contribution < 1.29 is 17.9 Å². The molecule has 0 atom stereocenters. The fraction of sp³-hybridized carbons (Fsp3) is 0.500. The Balaban J connectivity index is 2.00. The molecule has 2 aromatic rings. The van der Waals surface area contributed by atoms with Crippen molar-refractivity contribution in [3.05, 3.63) is 28.9 Å². The number of ether oxygens (including phenoxy) is 1. The molecule has 1 aromatic heterocycles. The smallest absolute Gasteiger partial charge is 0.422 e. The molecule has 124 valence electrons. The summed E-state index contributed by atoms with van der Waals surface area (Å²) in [6, 6.07) is 4.90. The molecule has 3 nitrogen and oxygen atoms in total. The largest absolute Gasteiger partial charge is 0.454 e. The van der Waals surface area contributed by atoms with E-state index in [2.05, 4.69) is 9.97 Å². The normalized spacial score (nSPS) is 16.7. The Morgan fingerprint density at radius 1 is 1.13 bits per heavy atom. The van der Waals surface area contributed by atoms with Crippen molar-refractivity contribution in [2.75, 3.05) is 6.61 Å². The minimum absolute atomic E-state index is 0.209. The van der Waals surface area contributed by atoms with Crippen LogP contribution in [-0.4, -0.2) is 22.8 Å². The number of hydrogen-bond acceptors (Lipinski definition) is 3.